The van der Waals surface area contributed by atoms with E-state index in [4.69, 9.17) is 0 Å². The van der Waals surface area contributed by atoms with Crippen LogP contribution in [-0.2, 0) is 19.5 Å². The fraction of sp³-hybridized carbons (Fsp3) is 0.286. The molecule has 1 heterocycles. The van der Waals surface area contributed by atoms with Gasteiger partial charge >= 0.3 is 0 Å². The monoisotopic (exact) mass is 341 g/mol. The molecule has 1 aliphatic rings. The maximum atomic E-state index is 14.7. The van der Waals surface area contributed by atoms with Crippen LogP contribution in [0.15, 0.2) is 30.8 Å². The average Bonchev–Trinajstić information content (AvgIpc) is 3.04. The second-order valence-electron chi connectivity index (χ2n) is 6.53. The van der Waals surface area contributed by atoms with E-state index in [1.54, 1.807) is 12.1 Å². The number of nitrogens with zero attached hydrogens (tertiary/aromatic N) is 1. The molecule has 0 radical (unpaired) electrons. The van der Waals surface area contributed by atoms with Crippen molar-refractivity contribution in [2.75, 3.05) is 4.90 Å². The quantitative estimate of drug-likeness (QED) is 0.689. The van der Waals surface area contributed by atoms with E-state index in [0.717, 1.165) is 35.1 Å². The van der Waals surface area contributed by atoms with Crippen LogP contribution in [0.2, 0.25) is 0 Å². The number of benzene rings is 2. The van der Waals surface area contributed by atoms with Crippen LogP contribution < -0.4 is 4.90 Å². The Morgan fingerprint density at radius 3 is 2.36 bits per heavy atom. The number of allylic oxidation sites excluding steroid dienone is 1. The Morgan fingerprint density at radius 2 is 1.80 bits per heavy atom. The summed E-state index contributed by atoms with van der Waals surface area (Å²) in [7, 11) is 0. The van der Waals surface area contributed by atoms with Crippen LogP contribution in [-0.4, -0.2) is 6.29 Å². The Labute approximate surface area is 146 Å². The number of fused-ring (bicyclic) bond motifs is 1. The van der Waals surface area contributed by atoms with Gasteiger partial charge in [-0.05, 0) is 54.3 Å². The number of anilines is 1. The lowest BCUT2D eigenvalue weighted by molar-refractivity contribution is 0.112. The first kappa shape index (κ1) is 17.3. The molecular formula is C21H21F2NO. The zero-order chi connectivity index (χ0) is 18.1. The van der Waals surface area contributed by atoms with Crippen molar-refractivity contribution in [2.45, 2.75) is 39.8 Å². The molecule has 0 aromatic heterocycles. The lowest BCUT2D eigenvalue weighted by Crippen LogP contribution is -2.14. The average molecular weight is 341 g/mol. The van der Waals surface area contributed by atoms with Crippen LogP contribution in [0.5, 0.6) is 0 Å². The Morgan fingerprint density at radius 1 is 1.16 bits per heavy atom. The highest BCUT2D eigenvalue weighted by atomic mass is 19.2. The van der Waals surface area contributed by atoms with Crippen molar-refractivity contribution in [3.05, 3.63) is 70.3 Å². The maximum absolute atomic E-state index is 14.7. The van der Waals surface area contributed by atoms with Crippen molar-refractivity contribution < 1.29 is 13.6 Å². The Bertz CT molecular complexity index is 840. The summed E-state index contributed by atoms with van der Waals surface area (Å²) in [6.07, 6.45) is 2.02. The minimum absolute atomic E-state index is 0.311. The van der Waals surface area contributed by atoms with Crippen molar-refractivity contribution in [1.29, 1.82) is 0 Å². The van der Waals surface area contributed by atoms with Crippen LogP contribution in [0, 0.1) is 11.6 Å². The molecule has 0 atom stereocenters. The van der Waals surface area contributed by atoms with E-state index in [1.807, 2.05) is 30.9 Å². The van der Waals surface area contributed by atoms with E-state index in [1.165, 1.54) is 0 Å². The van der Waals surface area contributed by atoms with Gasteiger partial charge in [-0.25, -0.2) is 8.78 Å². The second-order valence-corrected chi connectivity index (χ2v) is 6.53. The molecule has 25 heavy (non-hydrogen) atoms. The third-order valence-electron chi connectivity index (χ3n) is 4.71. The summed E-state index contributed by atoms with van der Waals surface area (Å²) < 4.78 is 29.3. The topological polar surface area (TPSA) is 20.3 Å². The summed E-state index contributed by atoms with van der Waals surface area (Å²) in [6.45, 7) is 8.60. The molecular weight excluding hydrogens is 320 g/mol. The van der Waals surface area contributed by atoms with Crippen LogP contribution >= 0.6 is 0 Å². The summed E-state index contributed by atoms with van der Waals surface area (Å²) in [5, 5.41) is 0. The molecule has 1 aliphatic heterocycles. The van der Waals surface area contributed by atoms with Crippen molar-refractivity contribution in [2.24, 2.45) is 0 Å². The highest BCUT2D eigenvalue weighted by Crippen LogP contribution is 2.38. The van der Waals surface area contributed by atoms with E-state index in [2.05, 4.69) is 6.58 Å². The lowest BCUT2D eigenvalue weighted by Gasteiger charge is -2.18. The number of hydrogen-bond donors (Lipinski definition) is 0. The molecule has 0 bridgehead atoms. The molecule has 0 unspecified atom stereocenters. The van der Waals surface area contributed by atoms with Gasteiger partial charge in [0.2, 0.25) is 0 Å². The second kappa shape index (κ2) is 6.79. The molecule has 3 rings (SSSR count). The molecule has 0 amide bonds. The van der Waals surface area contributed by atoms with Gasteiger partial charge in [-0.1, -0.05) is 25.5 Å². The zero-order valence-corrected chi connectivity index (χ0v) is 14.5. The highest BCUT2D eigenvalue weighted by molar-refractivity contribution is 5.76. The third kappa shape index (κ3) is 2.97. The van der Waals surface area contributed by atoms with Gasteiger partial charge in [0.25, 0.3) is 0 Å². The van der Waals surface area contributed by atoms with E-state index in [-0.39, 0.29) is 0 Å². The largest absolute Gasteiger partial charge is 0.363 e. The van der Waals surface area contributed by atoms with Crippen LogP contribution in [0.3, 0.4) is 0 Å². The normalized spacial score (nSPS) is 13.0. The maximum Gasteiger partial charge on any atom is 0.164 e. The molecule has 2 nitrogen and oxygen atoms in total. The highest BCUT2D eigenvalue weighted by Gasteiger charge is 2.30. The summed E-state index contributed by atoms with van der Waals surface area (Å²) in [4.78, 5) is 12.8. The van der Waals surface area contributed by atoms with Gasteiger partial charge in [0.1, 0.15) is 6.29 Å². The third-order valence-corrected chi connectivity index (χ3v) is 4.71. The van der Waals surface area contributed by atoms with Gasteiger partial charge < -0.3 is 4.90 Å². The Kier molecular flexibility index (Phi) is 4.71. The molecule has 0 N–H and O–H groups in total. The molecule has 0 spiro atoms. The molecule has 0 fully saturated rings. The van der Waals surface area contributed by atoms with Crippen LogP contribution in [0.25, 0.3) is 5.57 Å². The lowest BCUT2D eigenvalue weighted by atomic mass is 9.90. The van der Waals surface area contributed by atoms with E-state index in [0.29, 0.717) is 36.2 Å². The van der Waals surface area contributed by atoms with E-state index in [9.17, 15) is 13.6 Å². The Balaban J connectivity index is 2.07. The van der Waals surface area contributed by atoms with Gasteiger partial charge in [0.15, 0.2) is 11.6 Å². The summed E-state index contributed by atoms with van der Waals surface area (Å²) >= 11 is 0. The number of carbonyl (C=O) groups is 1. The summed E-state index contributed by atoms with van der Waals surface area (Å²) in [6, 6.07) is 7.11. The van der Waals surface area contributed by atoms with Crippen LogP contribution in [0.4, 0.5) is 14.5 Å². The van der Waals surface area contributed by atoms with E-state index < -0.39 is 11.6 Å². The molecule has 4 heteroatoms. The first-order valence-corrected chi connectivity index (χ1v) is 8.45. The predicted octanol–water partition coefficient (Wildman–Crippen LogP) is 5.28. The van der Waals surface area contributed by atoms with Gasteiger partial charge in [0, 0.05) is 29.9 Å². The van der Waals surface area contributed by atoms with Gasteiger partial charge in [-0.3, -0.25) is 4.79 Å². The first-order valence-electron chi connectivity index (χ1n) is 8.45. The molecule has 0 aliphatic carbocycles. The smallest absolute Gasteiger partial charge is 0.164 e. The fourth-order valence-electron chi connectivity index (χ4n) is 3.56. The number of rotatable bonds is 5. The zero-order valence-electron chi connectivity index (χ0n) is 14.5. The molecule has 2 aromatic carbocycles. The number of hydrogen-bond acceptors (Lipinski definition) is 2. The molecule has 2 aromatic rings. The number of carbonyl (C=O) groups excluding carboxylic acids is 1. The predicted molar refractivity (Wildman–Crippen MR) is 96.8 cm³/mol. The minimum Gasteiger partial charge on any atom is -0.363 e. The minimum atomic E-state index is -0.740. The van der Waals surface area contributed by atoms with Crippen molar-refractivity contribution in [3.8, 4) is 0 Å². The molecule has 0 saturated carbocycles. The SMILES string of the molecule is C=C(C)c1c(CCC)c(F)c(F)c2c1CN(c1ccc(C=O)cc1)C2. The van der Waals surface area contributed by atoms with E-state index >= 15 is 0 Å². The van der Waals surface area contributed by atoms with Crippen molar-refractivity contribution >= 4 is 17.5 Å². The molecule has 130 valence electrons. The van der Waals surface area contributed by atoms with Crippen LogP contribution in [0.1, 0.15) is 52.9 Å². The number of halogens is 2. The van der Waals surface area contributed by atoms with Gasteiger partial charge in [0.05, 0.1) is 0 Å². The Hall–Kier alpha value is -2.49. The van der Waals surface area contributed by atoms with Gasteiger partial charge in [-0.15, -0.1) is 0 Å². The van der Waals surface area contributed by atoms with Gasteiger partial charge in [-0.2, -0.15) is 0 Å². The number of aldehydes is 1. The summed E-state index contributed by atoms with van der Waals surface area (Å²) in [5.74, 6) is -1.48. The molecule has 0 saturated heterocycles. The van der Waals surface area contributed by atoms with Crippen molar-refractivity contribution in [3.63, 3.8) is 0 Å². The summed E-state index contributed by atoms with van der Waals surface area (Å²) in [5.41, 5.74) is 4.67. The fourth-order valence-corrected chi connectivity index (χ4v) is 3.56. The standard InChI is InChI=1S/C21H21F2NO/c1-4-5-16-19(13(2)3)17-10-24(11-18(17)21(23)20(16)22)15-8-6-14(12-25)7-9-15/h6-9,12H,2,4-5,10-11H2,1,3H3. The first-order chi connectivity index (χ1) is 12.0. The van der Waals surface area contributed by atoms with Crippen molar-refractivity contribution in [1.82, 2.24) is 0 Å².